The van der Waals surface area contributed by atoms with Gasteiger partial charge in [0, 0.05) is 32.2 Å². The Morgan fingerprint density at radius 1 is 1.19 bits per heavy atom. The van der Waals surface area contributed by atoms with Gasteiger partial charge < -0.3 is 15.1 Å². The average molecular weight is 355 g/mol. The summed E-state index contributed by atoms with van der Waals surface area (Å²) < 4.78 is 0. The Morgan fingerprint density at radius 2 is 1.88 bits per heavy atom. The number of nitrogens with zero attached hydrogens (tertiary/aromatic N) is 3. The molecule has 0 bridgehead atoms. The van der Waals surface area contributed by atoms with Crippen molar-refractivity contribution in [3.63, 3.8) is 0 Å². The van der Waals surface area contributed by atoms with Gasteiger partial charge in [-0.15, -0.1) is 0 Å². The average Bonchev–Trinajstić information content (AvgIpc) is 2.96. The number of piperazine rings is 1. The van der Waals surface area contributed by atoms with Crippen LogP contribution in [0.15, 0.2) is 24.3 Å². The molecule has 3 rings (SSSR count). The lowest BCUT2D eigenvalue weighted by atomic mass is 9.74. The maximum absolute atomic E-state index is 9.01. The van der Waals surface area contributed by atoms with Crippen LogP contribution in [0.5, 0.6) is 0 Å². The van der Waals surface area contributed by atoms with E-state index < -0.39 is 0 Å². The van der Waals surface area contributed by atoms with E-state index in [1.165, 1.54) is 57.5 Å². The van der Waals surface area contributed by atoms with Crippen molar-refractivity contribution in [2.75, 3.05) is 46.3 Å². The highest BCUT2D eigenvalue weighted by Gasteiger charge is 2.43. The van der Waals surface area contributed by atoms with E-state index in [2.05, 4.69) is 54.2 Å². The third kappa shape index (κ3) is 4.28. The molecule has 0 radical (unpaired) electrons. The van der Waals surface area contributed by atoms with Crippen molar-refractivity contribution in [2.24, 2.45) is 5.92 Å². The smallest absolute Gasteiger partial charge is 0.0991 e. The van der Waals surface area contributed by atoms with Gasteiger partial charge >= 0.3 is 0 Å². The number of benzene rings is 1. The summed E-state index contributed by atoms with van der Waals surface area (Å²) in [5.41, 5.74) is 2.34. The number of nitrogens with one attached hydrogen (secondary N) is 1. The minimum Gasteiger partial charge on any atom is -0.314 e. The normalized spacial score (nSPS) is 30.4. The van der Waals surface area contributed by atoms with Gasteiger partial charge in [0.1, 0.15) is 0 Å². The molecular weight excluding hydrogens is 320 g/mol. The molecule has 1 N–H and O–H groups in total. The lowest BCUT2D eigenvalue weighted by Gasteiger charge is -2.33. The quantitative estimate of drug-likeness (QED) is 0.798. The van der Waals surface area contributed by atoms with E-state index in [-0.39, 0.29) is 5.41 Å². The predicted octanol–water partition coefficient (Wildman–Crippen LogP) is 2.84. The second-order valence-electron chi connectivity index (χ2n) is 8.49. The van der Waals surface area contributed by atoms with Crippen LogP contribution in [0.3, 0.4) is 0 Å². The number of hydrogen-bond acceptors (Lipinski definition) is 4. The van der Waals surface area contributed by atoms with Crippen LogP contribution < -0.4 is 5.32 Å². The molecule has 4 nitrogen and oxygen atoms in total. The van der Waals surface area contributed by atoms with Gasteiger partial charge in [-0.3, -0.25) is 0 Å². The Kier molecular flexibility index (Phi) is 6.34. The first-order valence-corrected chi connectivity index (χ1v) is 10.2. The summed E-state index contributed by atoms with van der Waals surface area (Å²) in [6, 6.07) is 11.1. The predicted molar refractivity (Wildman–Crippen MR) is 107 cm³/mol. The van der Waals surface area contributed by atoms with E-state index >= 15 is 0 Å². The topological polar surface area (TPSA) is 42.3 Å². The fraction of sp³-hybridized carbons (Fsp3) is 0.682. The van der Waals surface area contributed by atoms with Crippen LogP contribution >= 0.6 is 0 Å². The van der Waals surface area contributed by atoms with Crippen molar-refractivity contribution in [2.45, 2.75) is 44.6 Å². The highest BCUT2D eigenvalue weighted by atomic mass is 15.2. The van der Waals surface area contributed by atoms with Gasteiger partial charge in [0.05, 0.1) is 11.6 Å². The van der Waals surface area contributed by atoms with Crippen molar-refractivity contribution in [3.05, 3.63) is 35.4 Å². The Balaban J connectivity index is 1.46. The van der Waals surface area contributed by atoms with Gasteiger partial charge in [-0.1, -0.05) is 26.0 Å². The van der Waals surface area contributed by atoms with Gasteiger partial charge in [0.25, 0.3) is 0 Å². The minimum atomic E-state index is 0.211. The molecule has 0 aromatic heterocycles. The Hall–Kier alpha value is -1.41. The number of nitriles is 1. The van der Waals surface area contributed by atoms with Gasteiger partial charge in [0.15, 0.2) is 0 Å². The molecule has 1 aromatic rings. The molecular formula is C22H34N4. The van der Waals surface area contributed by atoms with E-state index in [0.29, 0.717) is 12.0 Å². The Bertz CT molecular complexity index is 612. The summed E-state index contributed by atoms with van der Waals surface area (Å²) in [6.45, 7) is 12.0. The van der Waals surface area contributed by atoms with Crippen molar-refractivity contribution in [1.29, 1.82) is 5.26 Å². The van der Waals surface area contributed by atoms with Crippen LogP contribution in [-0.2, 0) is 5.41 Å². The van der Waals surface area contributed by atoms with Crippen LogP contribution in [0.4, 0.5) is 0 Å². The lowest BCUT2D eigenvalue weighted by molar-refractivity contribution is 0.152. The Morgan fingerprint density at radius 3 is 2.54 bits per heavy atom. The molecule has 2 unspecified atom stereocenters. The Labute approximate surface area is 159 Å². The molecule has 1 saturated carbocycles. The van der Waals surface area contributed by atoms with Crippen LogP contribution in [0.1, 0.15) is 44.2 Å². The molecule has 1 aliphatic carbocycles. The van der Waals surface area contributed by atoms with Gasteiger partial charge in [-0.25, -0.2) is 0 Å². The summed E-state index contributed by atoms with van der Waals surface area (Å²) >= 11 is 0. The highest BCUT2D eigenvalue weighted by Crippen LogP contribution is 2.45. The van der Waals surface area contributed by atoms with Crippen molar-refractivity contribution >= 4 is 0 Å². The van der Waals surface area contributed by atoms with E-state index in [1.807, 2.05) is 12.1 Å². The molecule has 0 spiro atoms. The molecule has 3 atom stereocenters. The van der Waals surface area contributed by atoms with Crippen LogP contribution in [0.2, 0.25) is 0 Å². The molecule has 4 heteroatoms. The zero-order valence-corrected chi connectivity index (χ0v) is 16.7. The third-order valence-corrected chi connectivity index (χ3v) is 6.91. The van der Waals surface area contributed by atoms with Gasteiger partial charge in [-0.05, 0) is 68.4 Å². The first-order chi connectivity index (χ1) is 12.5. The second-order valence-corrected chi connectivity index (χ2v) is 8.49. The monoisotopic (exact) mass is 354 g/mol. The first kappa shape index (κ1) is 19.4. The molecule has 26 heavy (non-hydrogen) atoms. The van der Waals surface area contributed by atoms with Crippen LogP contribution in [-0.4, -0.2) is 62.2 Å². The zero-order chi connectivity index (χ0) is 18.6. The largest absolute Gasteiger partial charge is 0.314 e. The molecule has 1 aromatic carbocycles. The SMILES string of the molecule is CC1C(NCCCN2CCN(C)CC2)CC[C@@]1(C)c1ccc(C#N)cc1. The fourth-order valence-corrected chi connectivity index (χ4v) is 4.65. The summed E-state index contributed by atoms with van der Waals surface area (Å²) in [5.74, 6) is 0.610. The molecule has 1 aliphatic heterocycles. The summed E-state index contributed by atoms with van der Waals surface area (Å²) in [5, 5.41) is 12.9. The van der Waals surface area contributed by atoms with Crippen LogP contribution in [0, 0.1) is 17.2 Å². The molecule has 142 valence electrons. The summed E-state index contributed by atoms with van der Waals surface area (Å²) in [4.78, 5) is 5.01. The lowest BCUT2D eigenvalue weighted by Crippen LogP contribution is -2.45. The van der Waals surface area contributed by atoms with E-state index in [0.717, 1.165) is 12.1 Å². The van der Waals surface area contributed by atoms with E-state index in [1.54, 1.807) is 0 Å². The highest BCUT2D eigenvalue weighted by molar-refractivity contribution is 5.36. The van der Waals surface area contributed by atoms with Gasteiger partial charge in [0.2, 0.25) is 0 Å². The third-order valence-electron chi connectivity index (χ3n) is 6.91. The van der Waals surface area contributed by atoms with E-state index in [9.17, 15) is 0 Å². The van der Waals surface area contributed by atoms with E-state index in [4.69, 9.17) is 5.26 Å². The van der Waals surface area contributed by atoms with Crippen LogP contribution in [0.25, 0.3) is 0 Å². The molecule has 2 fully saturated rings. The number of likely N-dealkylation sites (N-methyl/N-ethyl adjacent to an activating group) is 1. The number of rotatable bonds is 6. The van der Waals surface area contributed by atoms with Gasteiger partial charge in [-0.2, -0.15) is 5.26 Å². The first-order valence-electron chi connectivity index (χ1n) is 10.2. The number of hydrogen-bond donors (Lipinski definition) is 1. The fourth-order valence-electron chi connectivity index (χ4n) is 4.65. The summed E-state index contributed by atoms with van der Waals surface area (Å²) in [6.07, 6.45) is 3.70. The minimum absolute atomic E-state index is 0.211. The maximum Gasteiger partial charge on any atom is 0.0991 e. The van der Waals surface area contributed by atoms with Crippen molar-refractivity contribution in [3.8, 4) is 6.07 Å². The zero-order valence-electron chi connectivity index (χ0n) is 16.7. The molecule has 0 amide bonds. The molecule has 2 aliphatic rings. The maximum atomic E-state index is 9.01. The molecule has 1 heterocycles. The van der Waals surface area contributed by atoms with Crippen molar-refractivity contribution < 1.29 is 0 Å². The summed E-state index contributed by atoms with van der Waals surface area (Å²) in [7, 11) is 2.21. The van der Waals surface area contributed by atoms with Crippen molar-refractivity contribution in [1.82, 2.24) is 15.1 Å². The standard InChI is InChI=1S/C22H34N4/c1-18-21(24-11-4-12-26-15-13-25(3)14-16-26)9-10-22(18,2)20-7-5-19(17-23)6-8-20/h5-8,18,21,24H,4,9-16H2,1-3H3/t18?,21?,22-/m1/s1. The second kappa shape index (κ2) is 8.52. The molecule has 1 saturated heterocycles.